The Labute approximate surface area is 73.9 Å². The van der Waals surface area contributed by atoms with Gasteiger partial charge in [0, 0.05) is 0 Å². The van der Waals surface area contributed by atoms with Crippen molar-refractivity contribution in [2.24, 2.45) is 9.98 Å². The number of amides is 1. The lowest BCUT2D eigenvalue weighted by atomic mass is 10.2. The Morgan fingerprint density at radius 2 is 2.00 bits per heavy atom. The fourth-order valence-corrected chi connectivity index (χ4v) is 1.13. The van der Waals surface area contributed by atoms with Gasteiger partial charge in [-0.1, -0.05) is 12.1 Å². The third-order valence-electron chi connectivity index (χ3n) is 1.74. The molecule has 1 atom stereocenters. The summed E-state index contributed by atoms with van der Waals surface area (Å²) in [5, 5.41) is 9.71. The zero-order chi connectivity index (χ0) is 9.26. The van der Waals surface area contributed by atoms with Crippen molar-refractivity contribution >= 4 is 5.91 Å². The number of benzene rings is 1. The number of nitriles is 1. The molecule has 0 fully saturated rings. The SMILES string of the molecule is N#CC1N=c2ccccc2=NC1=O. The largest absolute Gasteiger partial charge is 0.285 e. The molecule has 1 aromatic carbocycles. The van der Waals surface area contributed by atoms with Gasteiger partial charge in [-0.2, -0.15) is 5.26 Å². The molecule has 1 unspecified atom stereocenters. The lowest BCUT2D eigenvalue weighted by Gasteiger charge is -2.02. The van der Waals surface area contributed by atoms with E-state index in [0.29, 0.717) is 10.7 Å². The fourth-order valence-electron chi connectivity index (χ4n) is 1.13. The summed E-state index contributed by atoms with van der Waals surface area (Å²) in [6.45, 7) is 0. The summed E-state index contributed by atoms with van der Waals surface area (Å²) in [5.74, 6) is -0.485. The Bertz CT molecular complexity index is 512. The van der Waals surface area contributed by atoms with Crippen LogP contribution in [0.25, 0.3) is 0 Å². The maximum atomic E-state index is 11.1. The van der Waals surface area contributed by atoms with E-state index in [1.807, 2.05) is 0 Å². The number of para-hydroxylation sites is 2. The summed E-state index contributed by atoms with van der Waals surface area (Å²) in [4.78, 5) is 18.8. The minimum Gasteiger partial charge on any atom is -0.269 e. The van der Waals surface area contributed by atoms with Crippen molar-refractivity contribution in [2.75, 3.05) is 0 Å². The molecule has 0 radical (unpaired) electrons. The summed E-state index contributed by atoms with van der Waals surface area (Å²) >= 11 is 0. The third-order valence-corrected chi connectivity index (χ3v) is 1.74. The number of carbonyl (C=O) groups is 1. The highest BCUT2D eigenvalue weighted by Crippen LogP contribution is 1.93. The summed E-state index contributed by atoms with van der Waals surface area (Å²) in [7, 11) is 0. The minimum absolute atomic E-state index is 0.485. The van der Waals surface area contributed by atoms with Crippen LogP contribution in [0.4, 0.5) is 0 Å². The van der Waals surface area contributed by atoms with Gasteiger partial charge < -0.3 is 0 Å². The van der Waals surface area contributed by atoms with E-state index in [2.05, 4.69) is 9.98 Å². The molecule has 1 heterocycles. The lowest BCUT2D eigenvalue weighted by Crippen LogP contribution is -2.35. The zero-order valence-corrected chi connectivity index (χ0v) is 6.64. The number of nitrogens with zero attached hydrogens (tertiary/aromatic N) is 3. The van der Waals surface area contributed by atoms with Gasteiger partial charge in [0.05, 0.1) is 16.8 Å². The standard InChI is InChI=1S/C9H5N3O/c10-5-8-9(13)12-7-4-2-1-3-6(7)11-8/h1-4,8H. The first-order valence-corrected chi connectivity index (χ1v) is 3.76. The molecule has 1 aliphatic rings. The second kappa shape index (κ2) is 2.79. The van der Waals surface area contributed by atoms with Gasteiger partial charge in [0.1, 0.15) is 0 Å². The fraction of sp³-hybridized carbons (Fsp3) is 0.111. The van der Waals surface area contributed by atoms with Gasteiger partial charge in [-0.15, -0.1) is 0 Å². The van der Waals surface area contributed by atoms with Crippen molar-refractivity contribution in [3.05, 3.63) is 35.0 Å². The molecule has 0 aliphatic carbocycles. The first kappa shape index (κ1) is 7.62. The highest BCUT2D eigenvalue weighted by molar-refractivity contribution is 5.85. The molecule has 4 heteroatoms. The second-order valence-corrected chi connectivity index (χ2v) is 2.60. The van der Waals surface area contributed by atoms with Crippen LogP contribution in [0.15, 0.2) is 34.3 Å². The van der Waals surface area contributed by atoms with E-state index < -0.39 is 11.9 Å². The van der Waals surface area contributed by atoms with Gasteiger partial charge in [-0.3, -0.25) is 9.79 Å². The molecule has 1 amide bonds. The number of hydrogen-bond acceptors (Lipinski definition) is 3. The maximum absolute atomic E-state index is 11.1. The molecule has 0 bridgehead atoms. The average molecular weight is 171 g/mol. The molecular formula is C9H5N3O. The summed E-state index contributed by atoms with van der Waals surface area (Å²) in [5.41, 5.74) is 0. The van der Waals surface area contributed by atoms with Crippen LogP contribution in [0.1, 0.15) is 0 Å². The van der Waals surface area contributed by atoms with Crippen molar-refractivity contribution in [3.63, 3.8) is 0 Å². The van der Waals surface area contributed by atoms with Crippen LogP contribution < -0.4 is 10.7 Å². The molecular weight excluding hydrogens is 166 g/mol. The molecule has 0 saturated heterocycles. The van der Waals surface area contributed by atoms with E-state index in [9.17, 15) is 4.79 Å². The van der Waals surface area contributed by atoms with Crippen molar-refractivity contribution in [1.29, 1.82) is 5.26 Å². The van der Waals surface area contributed by atoms with Crippen LogP contribution in [0.3, 0.4) is 0 Å². The van der Waals surface area contributed by atoms with E-state index in [0.717, 1.165) is 0 Å². The van der Waals surface area contributed by atoms with Crippen molar-refractivity contribution in [3.8, 4) is 6.07 Å². The molecule has 0 aromatic heterocycles. The molecule has 0 N–H and O–H groups in total. The van der Waals surface area contributed by atoms with Gasteiger partial charge in [-0.05, 0) is 12.1 Å². The molecule has 0 spiro atoms. The van der Waals surface area contributed by atoms with Crippen LogP contribution in [0.2, 0.25) is 0 Å². The average Bonchev–Trinajstić information content (AvgIpc) is 2.17. The number of carbonyl (C=O) groups excluding carboxylic acids is 1. The van der Waals surface area contributed by atoms with Gasteiger partial charge in [0.25, 0.3) is 5.91 Å². The summed E-state index contributed by atoms with van der Waals surface area (Å²) in [6, 6.07) is 7.82. The van der Waals surface area contributed by atoms with Gasteiger partial charge in [0.2, 0.25) is 6.04 Å². The number of rotatable bonds is 0. The second-order valence-electron chi connectivity index (χ2n) is 2.60. The molecule has 2 rings (SSSR count). The van der Waals surface area contributed by atoms with E-state index in [-0.39, 0.29) is 0 Å². The zero-order valence-electron chi connectivity index (χ0n) is 6.64. The van der Waals surface area contributed by atoms with Crippen LogP contribution in [-0.4, -0.2) is 11.9 Å². The van der Waals surface area contributed by atoms with Crippen molar-refractivity contribution in [2.45, 2.75) is 6.04 Å². The molecule has 1 aromatic rings. The first-order chi connectivity index (χ1) is 6.31. The first-order valence-electron chi connectivity index (χ1n) is 3.76. The molecule has 4 nitrogen and oxygen atoms in total. The van der Waals surface area contributed by atoms with Crippen molar-refractivity contribution in [1.82, 2.24) is 0 Å². The Morgan fingerprint density at radius 3 is 2.69 bits per heavy atom. The summed E-state index contributed by atoms with van der Waals surface area (Å²) < 4.78 is 0. The van der Waals surface area contributed by atoms with Crippen LogP contribution in [0, 0.1) is 11.3 Å². The molecule has 0 saturated carbocycles. The van der Waals surface area contributed by atoms with E-state index in [1.165, 1.54) is 0 Å². The van der Waals surface area contributed by atoms with E-state index in [4.69, 9.17) is 5.26 Å². The smallest absolute Gasteiger partial charge is 0.269 e. The van der Waals surface area contributed by atoms with E-state index >= 15 is 0 Å². The Balaban J connectivity index is 2.75. The van der Waals surface area contributed by atoms with Gasteiger partial charge >= 0.3 is 0 Å². The van der Waals surface area contributed by atoms with Crippen LogP contribution in [0.5, 0.6) is 0 Å². The Hall–Kier alpha value is -2.02. The highest BCUT2D eigenvalue weighted by Gasteiger charge is 2.17. The predicted octanol–water partition coefficient (Wildman–Crippen LogP) is -0.642. The van der Waals surface area contributed by atoms with Crippen LogP contribution in [-0.2, 0) is 4.79 Å². The quantitative estimate of drug-likeness (QED) is 0.521. The topological polar surface area (TPSA) is 65.6 Å². The maximum Gasteiger partial charge on any atom is 0.285 e. The number of fused-ring (bicyclic) bond motifs is 1. The summed E-state index contributed by atoms with van der Waals surface area (Å²) in [6.07, 6.45) is 0. The normalized spacial score (nSPS) is 19.3. The van der Waals surface area contributed by atoms with Gasteiger partial charge in [-0.25, -0.2) is 4.99 Å². The Morgan fingerprint density at radius 1 is 1.31 bits per heavy atom. The lowest BCUT2D eigenvalue weighted by molar-refractivity contribution is -0.118. The molecule has 62 valence electrons. The van der Waals surface area contributed by atoms with Crippen LogP contribution >= 0.6 is 0 Å². The number of hydrogen-bond donors (Lipinski definition) is 0. The molecule has 13 heavy (non-hydrogen) atoms. The van der Waals surface area contributed by atoms with Crippen molar-refractivity contribution < 1.29 is 4.79 Å². The third kappa shape index (κ3) is 1.20. The molecule has 1 aliphatic heterocycles. The predicted molar refractivity (Wildman–Crippen MR) is 43.2 cm³/mol. The van der Waals surface area contributed by atoms with E-state index in [1.54, 1.807) is 30.3 Å². The minimum atomic E-state index is -0.963. The monoisotopic (exact) mass is 171 g/mol. The Kier molecular flexibility index (Phi) is 1.64. The van der Waals surface area contributed by atoms with Gasteiger partial charge in [0.15, 0.2) is 0 Å². The highest BCUT2D eigenvalue weighted by atomic mass is 16.1.